The number of carbonyl (C=O) groups excluding carboxylic acids is 2. The van der Waals surface area contributed by atoms with Crippen molar-refractivity contribution in [3.8, 4) is 5.75 Å². The highest BCUT2D eigenvalue weighted by molar-refractivity contribution is 5.66. The number of ether oxygens (including phenoxy) is 3. The van der Waals surface area contributed by atoms with E-state index in [1.54, 1.807) is 19.3 Å². The average Bonchev–Trinajstić information content (AvgIpc) is 2.53. The van der Waals surface area contributed by atoms with Gasteiger partial charge in [-0.2, -0.15) is 0 Å². The second kappa shape index (κ2) is 10.3. The van der Waals surface area contributed by atoms with Crippen LogP contribution in [0.2, 0.25) is 0 Å². The SMILES string of the molecule is C=CCC(/C=C/CC(OC(C)=O)c1ccc(OC)cc1)OC(C)=O. The Bertz CT molecular complexity index is 574. The third kappa shape index (κ3) is 7.13. The third-order valence-electron chi connectivity index (χ3n) is 3.21. The van der Waals surface area contributed by atoms with E-state index < -0.39 is 6.10 Å². The molecule has 0 aromatic heterocycles. The molecule has 0 spiro atoms. The van der Waals surface area contributed by atoms with Crippen molar-refractivity contribution in [1.29, 1.82) is 0 Å². The molecule has 0 saturated heterocycles. The zero-order valence-electron chi connectivity index (χ0n) is 14.4. The van der Waals surface area contributed by atoms with Gasteiger partial charge in [0.1, 0.15) is 18.0 Å². The van der Waals surface area contributed by atoms with Crippen molar-refractivity contribution in [2.45, 2.75) is 38.9 Å². The van der Waals surface area contributed by atoms with Crippen LogP contribution in [0.1, 0.15) is 38.4 Å². The first kappa shape index (κ1) is 19.5. The molecule has 5 heteroatoms. The molecular weight excluding hydrogens is 308 g/mol. The van der Waals surface area contributed by atoms with Gasteiger partial charge in [0.25, 0.3) is 0 Å². The Kier molecular flexibility index (Phi) is 8.33. The number of carbonyl (C=O) groups is 2. The predicted molar refractivity (Wildman–Crippen MR) is 91.6 cm³/mol. The molecule has 1 aromatic rings. The van der Waals surface area contributed by atoms with E-state index in [0.717, 1.165) is 11.3 Å². The summed E-state index contributed by atoms with van der Waals surface area (Å²) in [5.74, 6) is 0.0295. The van der Waals surface area contributed by atoms with Crippen molar-refractivity contribution in [3.63, 3.8) is 0 Å². The van der Waals surface area contributed by atoms with Crippen LogP contribution in [0.25, 0.3) is 0 Å². The number of hydrogen-bond acceptors (Lipinski definition) is 5. The van der Waals surface area contributed by atoms with Gasteiger partial charge >= 0.3 is 11.9 Å². The summed E-state index contributed by atoms with van der Waals surface area (Å²) in [4.78, 5) is 22.4. The van der Waals surface area contributed by atoms with Crippen molar-refractivity contribution >= 4 is 11.9 Å². The lowest BCUT2D eigenvalue weighted by Crippen LogP contribution is -2.13. The normalized spacial score (nSPS) is 13.1. The molecule has 0 N–H and O–H groups in total. The van der Waals surface area contributed by atoms with Crippen LogP contribution in [-0.2, 0) is 19.1 Å². The Balaban J connectivity index is 2.80. The molecule has 130 valence electrons. The minimum Gasteiger partial charge on any atom is -0.497 e. The molecule has 0 heterocycles. The molecule has 0 radical (unpaired) electrons. The molecule has 0 amide bonds. The molecule has 0 bridgehead atoms. The summed E-state index contributed by atoms with van der Waals surface area (Å²) in [6.45, 7) is 6.39. The maximum atomic E-state index is 11.3. The first-order chi connectivity index (χ1) is 11.5. The monoisotopic (exact) mass is 332 g/mol. The van der Waals surface area contributed by atoms with Crippen molar-refractivity contribution in [2.75, 3.05) is 7.11 Å². The smallest absolute Gasteiger partial charge is 0.303 e. The topological polar surface area (TPSA) is 61.8 Å². The Labute approximate surface area is 142 Å². The van der Waals surface area contributed by atoms with Gasteiger partial charge in [0.05, 0.1) is 7.11 Å². The van der Waals surface area contributed by atoms with E-state index in [9.17, 15) is 9.59 Å². The molecule has 0 aliphatic rings. The van der Waals surface area contributed by atoms with Crippen LogP contribution >= 0.6 is 0 Å². The molecular formula is C19H24O5. The van der Waals surface area contributed by atoms with Crippen molar-refractivity contribution in [3.05, 3.63) is 54.6 Å². The lowest BCUT2D eigenvalue weighted by atomic mass is 10.1. The van der Waals surface area contributed by atoms with E-state index in [2.05, 4.69) is 6.58 Å². The summed E-state index contributed by atoms with van der Waals surface area (Å²) in [5, 5.41) is 0. The van der Waals surface area contributed by atoms with Gasteiger partial charge in [-0.05, 0) is 23.8 Å². The largest absolute Gasteiger partial charge is 0.497 e. The molecule has 2 unspecified atom stereocenters. The van der Waals surface area contributed by atoms with E-state index >= 15 is 0 Å². The summed E-state index contributed by atoms with van der Waals surface area (Å²) in [6.07, 6.45) is 5.53. The Hall–Kier alpha value is -2.56. The van der Waals surface area contributed by atoms with Crippen molar-refractivity contribution in [1.82, 2.24) is 0 Å². The van der Waals surface area contributed by atoms with Gasteiger partial charge in [-0.1, -0.05) is 24.3 Å². The highest BCUT2D eigenvalue weighted by Crippen LogP contribution is 2.24. The standard InChI is InChI=1S/C19H24O5/c1-5-7-18(23-14(2)20)8-6-9-19(24-15(3)21)16-10-12-17(22-4)13-11-16/h5-6,8,10-13,18-19H,1,7,9H2,2-4H3/b8-6+. The summed E-state index contributed by atoms with van der Waals surface area (Å²) in [7, 11) is 1.59. The maximum Gasteiger partial charge on any atom is 0.303 e. The molecule has 0 aliphatic heterocycles. The zero-order chi connectivity index (χ0) is 17.9. The summed E-state index contributed by atoms with van der Waals surface area (Å²) in [5.41, 5.74) is 0.864. The first-order valence-electron chi connectivity index (χ1n) is 7.72. The fraction of sp³-hybridized carbons (Fsp3) is 0.368. The number of hydrogen-bond donors (Lipinski definition) is 0. The molecule has 0 aliphatic carbocycles. The van der Waals surface area contributed by atoms with Gasteiger partial charge in [0, 0.05) is 26.7 Å². The summed E-state index contributed by atoms with van der Waals surface area (Å²) in [6, 6.07) is 7.34. The molecule has 0 saturated carbocycles. The molecule has 1 aromatic carbocycles. The van der Waals surface area contributed by atoms with E-state index in [-0.39, 0.29) is 18.0 Å². The number of benzene rings is 1. The van der Waals surface area contributed by atoms with Crippen LogP contribution in [0.5, 0.6) is 5.75 Å². The number of rotatable bonds is 9. The lowest BCUT2D eigenvalue weighted by Gasteiger charge is -2.17. The Morgan fingerprint density at radius 2 is 1.71 bits per heavy atom. The molecule has 1 rings (SSSR count). The average molecular weight is 332 g/mol. The quantitative estimate of drug-likeness (QED) is 0.509. The number of methoxy groups -OCH3 is 1. The molecule has 0 fully saturated rings. The predicted octanol–water partition coefficient (Wildman–Crippen LogP) is 3.75. The van der Waals surface area contributed by atoms with E-state index in [4.69, 9.17) is 14.2 Å². The van der Waals surface area contributed by atoms with Crippen LogP contribution < -0.4 is 4.74 Å². The van der Waals surface area contributed by atoms with Crippen molar-refractivity contribution in [2.24, 2.45) is 0 Å². The van der Waals surface area contributed by atoms with Gasteiger partial charge in [0.15, 0.2) is 0 Å². The molecule has 24 heavy (non-hydrogen) atoms. The maximum absolute atomic E-state index is 11.3. The fourth-order valence-electron chi connectivity index (χ4n) is 2.17. The lowest BCUT2D eigenvalue weighted by molar-refractivity contribution is -0.146. The van der Waals surface area contributed by atoms with Gasteiger partial charge in [-0.25, -0.2) is 0 Å². The van der Waals surface area contributed by atoms with Gasteiger partial charge in [-0.3, -0.25) is 9.59 Å². The van der Waals surface area contributed by atoms with Gasteiger partial charge < -0.3 is 14.2 Å². The molecule has 5 nitrogen and oxygen atoms in total. The van der Waals surface area contributed by atoms with Crippen LogP contribution in [0.3, 0.4) is 0 Å². The third-order valence-corrected chi connectivity index (χ3v) is 3.21. The van der Waals surface area contributed by atoms with Gasteiger partial charge in [-0.15, -0.1) is 6.58 Å². The zero-order valence-corrected chi connectivity index (χ0v) is 14.4. The second-order valence-corrected chi connectivity index (χ2v) is 5.21. The van der Waals surface area contributed by atoms with Crippen LogP contribution in [0.4, 0.5) is 0 Å². The molecule has 2 atom stereocenters. The van der Waals surface area contributed by atoms with Crippen LogP contribution in [0, 0.1) is 0 Å². The van der Waals surface area contributed by atoms with Crippen molar-refractivity contribution < 1.29 is 23.8 Å². The van der Waals surface area contributed by atoms with Crippen LogP contribution in [0.15, 0.2) is 49.1 Å². The van der Waals surface area contributed by atoms with Crippen LogP contribution in [-0.4, -0.2) is 25.2 Å². The van der Waals surface area contributed by atoms with E-state index in [0.29, 0.717) is 12.8 Å². The highest BCUT2D eigenvalue weighted by atomic mass is 16.5. The number of esters is 2. The Morgan fingerprint density at radius 3 is 2.21 bits per heavy atom. The summed E-state index contributed by atoms with van der Waals surface area (Å²) < 4.78 is 15.7. The van der Waals surface area contributed by atoms with E-state index in [1.165, 1.54) is 13.8 Å². The first-order valence-corrected chi connectivity index (χ1v) is 7.72. The van der Waals surface area contributed by atoms with E-state index in [1.807, 2.05) is 30.3 Å². The fourth-order valence-corrected chi connectivity index (χ4v) is 2.17. The summed E-state index contributed by atoms with van der Waals surface area (Å²) >= 11 is 0. The van der Waals surface area contributed by atoms with Gasteiger partial charge in [0.2, 0.25) is 0 Å². The minimum absolute atomic E-state index is 0.349. The second-order valence-electron chi connectivity index (χ2n) is 5.21. The Morgan fingerprint density at radius 1 is 1.08 bits per heavy atom. The minimum atomic E-state index is -0.411. The highest BCUT2D eigenvalue weighted by Gasteiger charge is 2.14.